The van der Waals surface area contributed by atoms with Gasteiger partial charge in [-0.2, -0.15) is 0 Å². The zero-order valence-electron chi connectivity index (χ0n) is 13.8. The molecule has 0 amide bonds. The van der Waals surface area contributed by atoms with Gasteiger partial charge in [-0.25, -0.2) is 0 Å². The molecule has 2 aromatic rings. The first-order valence-electron chi connectivity index (χ1n) is 8.47. The van der Waals surface area contributed by atoms with Crippen LogP contribution in [0.15, 0.2) is 30.6 Å². The number of hydrogen-bond donors (Lipinski definition) is 0. The molecule has 0 fully saturated rings. The highest BCUT2D eigenvalue weighted by molar-refractivity contribution is 5.37. The number of nitrogens with zero attached hydrogens (tertiary/aromatic N) is 3. The summed E-state index contributed by atoms with van der Waals surface area (Å²) in [7, 11) is 0. The Kier molecular flexibility index (Phi) is 6.94. The fraction of sp³-hybridized carbons (Fsp3) is 0.556. The lowest BCUT2D eigenvalue weighted by atomic mass is 10.1. The summed E-state index contributed by atoms with van der Waals surface area (Å²) in [6.07, 6.45) is 10.4. The van der Waals surface area contributed by atoms with Gasteiger partial charge in [0, 0.05) is 12.1 Å². The molecule has 120 valence electrons. The number of aryl methyl sites for hydroxylation is 1. The average molecular weight is 301 g/mol. The number of aromatic nitrogens is 3. The van der Waals surface area contributed by atoms with E-state index in [1.807, 2.05) is 16.7 Å². The van der Waals surface area contributed by atoms with E-state index in [1.165, 1.54) is 32.1 Å². The van der Waals surface area contributed by atoms with Crippen LogP contribution in [-0.4, -0.2) is 21.4 Å². The lowest BCUT2D eigenvalue weighted by Crippen LogP contribution is -2.00. The Morgan fingerprint density at radius 2 is 1.68 bits per heavy atom. The molecular formula is C18H27N3O. The van der Waals surface area contributed by atoms with Crippen LogP contribution >= 0.6 is 0 Å². The van der Waals surface area contributed by atoms with E-state index in [2.05, 4.69) is 36.2 Å². The summed E-state index contributed by atoms with van der Waals surface area (Å²) >= 11 is 0. The van der Waals surface area contributed by atoms with Crippen LogP contribution in [-0.2, 0) is 6.42 Å². The van der Waals surface area contributed by atoms with E-state index in [4.69, 9.17) is 4.74 Å². The second kappa shape index (κ2) is 9.23. The smallest absolute Gasteiger partial charge is 0.137 e. The quantitative estimate of drug-likeness (QED) is 0.603. The second-order valence-electron chi connectivity index (χ2n) is 5.58. The third kappa shape index (κ3) is 4.86. The summed E-state index contributed by atoms with van der Waals surface area (Å²) in [5.74, 6) is 1.91. The van der Waals surface area contributed by atoms with Gasteiger partial charge in [-0.1, -0.05) is 46.0 Å². The SMILES string of the molecule is CCCCCCCCOc1ccc(-n2cnnc2CC)cc1. The van der Waals surface area contributed by atoms with Crippen LogP contribution in [0, 0.1) is 0 Å². The fourth-order valence-electron chi connectivity index (χ4n) is 2.49. The Labute approximate surface area is 133 Å². The Morgan fingerprint density at radius 1 is 0.955 bits per heavy atom. The van der Waals surface area contributed by atoms with Crippen LogP contribution in [0.4, 0.5) is 0 Å². The first kappa shape index (κ1) is 16.5. The van der Waals surface area contributed by atoms with Gasteiger partial charge in [0.15, 0.2) is 0 Å². The molecule has 0 saturated carbocycles. The third-order valence-electron chi connectivity index (χ3n) is 3.82. The van der Waals surface area contributed by atoms with Crippen molar-refractivity contribution in [1.29, 1.82) is 0 Å². The van der Waals surface area contributed by atoms with Crippen LogP contribution in [0.3, 0.4) is 0 Å². The molecule has 0 N–H and O–H groups in total. The maximum absolute atomic E-state index is 5.80. The van der Waals surface area contributed by atoms with E-state index in [-0.39, 0.29) is 0 Å². The Morgan fingerprint density at radius 3 is 2.41 bits per heavy atom. The van der Waals surface area contributed by atoms with Gasteiger partial charge in [0.25, 0.3) is 0 Å². The van der Waals surface area contributed by atoms with E-state index < -0.39 is 0 Å². The van der Waals surface area contributed by atoms with Crippen molar-refractivity contribution >= 4 is 0 Å². The van der Waals surface area contributed by atoms with Gasteiger partial charge in [-0.05, 0) is 30.7 Å². The van der Waals surface area contributed by atoms with E-state index in [0.717, 1.165) is 36.7 Å². The summed E-state index contributed by atoms with van der Waals surface area (Å²) in [5, 5.41) is 8.07. The molecule has 0 unspecified atom stereocenters. The van der Waals surface area contributed by atoms with Gasteiger partial charge in [-0.15, -0.1) is 10.2 Å². The average Bonchev–Trinajstić information content (AvgIpc) is 3.03. The van der Waals surface area contributed by atoms with Crippen molar-refractivity contribution in [3.8, 4) is 11.4 Å². The van der Waals surface area contributed by atoms with Crippen molar-refractivity contribution in [1.82, 2.24) is 14.8 Å². The van der Waals surface area contributed by atoms with Crippen molar-refractivity contribution in [2.24, 2.45) is 0 Å². The van der Waals surface area contributed by atoms with Gasteiger partial charge in [-0.3, -0.25) is 4.57 Å². The molecule has 0 bridgehead atoms. The van der Waals surface area contributed by atoms with Crippen LogP contribution in [0.1, 0.15) is 58.2 Å². The highest BCUT2D eigenvalue weighted by Crippen LogP contribution is 2.17. The molecule has 0 saturated heterocycles. The van der Waals surface area contributed by atoms with Crippen LogP contribution < -0.4 is 4.74 Å². The maximum Gasteiger partial charge on any atom is 0.137 e. The number of benzene rings is 1. The minimum Gasteiger partial charge on any atom is -0.494 e. The molecule has 0 aliphatic carbocycles. The van der Waals surface area contributed by atoms with Gasteiger partial charge in [0.1, 0.15) is 17.9 Å². The molecule has 0 atom stereocenters. The van der Waals surface area contributed by atoms with Gasteiger partial charge in [0.05, 0.1) is 6.61 Å². The molecule has 0 radical (unpaired) electrons. The summed E-state index contributed by atoms with van der Waals surface area (Å²) in [6.45, 7) is 5.13. The largest absolute Gasteiger partial charge is 0.494 e. The molecule has 4 nitrogen and oxygen atoms in total. The summed E-state index contributed by atoms with van der Waals surface area (Å²) in [4.78, 5) is 0. The van der Waals surface area contributed by atoms with E-state index in [0.29, 0.717) is 0 Å². The van der Waals surface area contributed by atoms with E-state index in [9.17, 15) is 0 Å². The standard InChI is InChI=1S/C18H27N3O/c1-3-5-6-7-8-9-14-22-17-12-10-16(11-13-17)21-15-19-20-18(21)4-2/h10-13,15H,3-9,14H2,1-2H3. The number of rotatable bonds is 10. The van der Waals surface area contributed by atoms with Gasteiger partial charge < -0.3 is 4.74 Å². The highest BCUT2D eigenvalue weighted by Gasteiger charge is 2.04. The molecule has 1 aromatic heterocycles. The molecule has 22 heavy (non-hydrogen) atoms. The van der Waals surface area contributed by atoms with Crippen molar-refractivity contribution in [3.05, 3.63) is 36.4 Å². The normalized spacial score (nSPS) is 10.8. The predicted molar refractivity (Wildman–Crippen MR) is 89.6 cm³/mol. The minimum absolute atomic E-state index is 0.804. The summed E-state index contributed by atoms with van der Waals surface area (Å²) in [5.41, 5.74) is 1.08. The molecule has 0 spiro atoms. The van der Waals surface area contributed by atoms with Gasteiger partial charge >= 0.3 is 0 Å². The monoisotopic (exact) mass is 301 g/mol. The molecule has 0 aliphatic rings. The third-order valence-corrected chi connectivity index (χ3v) is 3.82. The van der Waals surface area contributed by atoms with Crippen molar-refractivity contribution in [3.63, 3.8) is 0 Å². The first-order valence-corrected chi connectivity index (χ1v) is 8.47. The Hall–Kier alpha value is -1.84. The zero-order valence-corrected chi connectivity index (χ0v) is 13.8. The number of ether oxygens (including phenoxy) is 1. The summed E-state index contributed by atoms with van der Waals surface area (Å²) < 4.78 is 7.81. The van der Waals surface area contributed by atoms with Crippen molar-refractivity contribution < 1.29 is 4.74 Å². The molecular weight excluding hydrogens is 274 g/mol. The minimum atomic E-state index is 0.804. The first-order chi connectivity index (χ1) is 10.8. The predicted octanol–water partition coefficient (Wildman–Crippen LogP) is 4.57. The molecule has 4 heteroatoms. The van der Waals surface area contributed by atoms with Crippen molar-refractivity contribution in [2.45, 2.75) is 58.8 Å². The Balaban J connectivity index is 1.75. The lowest BCUT2D eigenvalue weighted by molar-refractivity contribution is 0.304. The number of hydrogen-bond acceptors (Lipinski definition) is 3. The lowest BCUT2D eigenvalue weighted by Gasteiger charge is -2.08. The van der Waals surface area contributed by atoms with Crippen LogP contribution in [0.2, 0.25) is 0 Å². The van der Waals surface area contributed by atoms with E-state index >= 15 is 0 Å². The maximum atomic E-state index is 5.80. The molecule has 1 heterocycles. The Bertz CT molecular complexity index is 534. The molecule has 0 aliphatic heterocycles. The van der Waals surface area contributed by atoms with Crippen molar-refractivity contribution in [2.75, 3.05) is 6.61 Å². The second-order valence-corrected chi connectivity index (χ2v) is 5.58. The molecule has 2 rings (SSSR count). The van der Waals surface area contributed by atoms with Gasteiger partial charge in [0.2, 0.25) is 0 Å². The number of unbranched alkanes of at least 4 members (excludes halogenated alkanes) is 5. The zero-order chi connectivity index (χ0) is 15.6. The van der Waals surface area contributed by atoms with Crippen LogP contribution in [0.5, 0.6) is 5.75 Å². The topological polar surface area (TPSA) is 39.9 Å². The highest BCUT2D eigenvalue weighted by atomic mass is 16.5. The van der Waals surface area contributed by atoms with E-state index in [1.54, 1.807) is 6.33 Å². The fourth-order valence-corrected chi connectivity index (χ4v) is 2.49. The molecule has 1 aromatic carbocycles. The van der Waals surface area contributed by atoms with Crippen LogP contribution in [0.25, 0.3) is 5.69 Å². The summed E-state index contributed by atoms with van der Waals surface area (Å²) in [6, 6.07) is 8.15.